The fraction of sp³-hybridized carbons (Fsp3) is 0.500. The summed E-state index contributed by atoms with van der Waals surface area (Å²) < 4.78 is 7.46. The number of carbonyl (C=O) groups excluding carboxylic acids is 1. The first-order valence-corrected chi connectivity index (χ1v) is 8.15. The molecule has 22 heavy (non-hydrogen) atoms. The summed E-state index contributed by atoms with van der Waals surface area (Å²) in [5.41, 5.74) is 2.64. The molecule has 1 aromatic carbocycles. The Hall–Kier alpha value is -1.97. The molecule has 0 aliphatic heterocycles. The predicted molar refractivity (Wildman–Crippen MR) is 88.5 cm³/mol. The van der Waals surface area contributed by atoms with Gasteiger partial charge in [-0.2, -0.15) is 0 Å². The van der Waals surface area contributed by atoms with E-state index in [1.807, 2.05) is 13.0 Å². The Morgan fingerprint density at radius 3 is 2.64 bits per heavy atom. The maximum Gasteiger partial charge on any atom is 0.340 e. The first kappa shape index (κ1) is 16.4. The Morgan fingerprint density at radius 2 is 2.00 bits per heavy atom. The fourth-order valence-corrected chi connectivity index (χ4v) is 2.89. The standard InChI is InChI=1S/C18H25NO3/c1-4-7-11-19-15-10-9-13(20)12-14(15)17(16(19)8-5-2)18(21)22-6-3/h9-10,12,20H,4-8,11H2,1-3H3. The maximum absolute atomic E-state index is 12.4. The summed E-state index contributed by atoms with van der Waals surface area (Å²) >= 11 is 0. The predicted octanol–water partition coefficient (Wildman–Crippen LogP) is 4.28. The molecular weight excluding hydrogens is 278 g/mol. The SMILES string of the molecule is CCCCn1c(CCC)c(C(=O)OCC)c2cc(O)ccc21. The molecule has 0 spiro atoms. The minimum Gasteiger partial charge on any atom is -0.508 e. The third-order valence-corrected chi connectivity index (χ3v) is 3.86. The first-order chi connectivity index (χ1) is 10.6. The number of unbranched alkanes of at least 4 members (excludes halogenated alkanes) is 1. The molecule has 2 aromatic rings. The monoisotopic (exact) mass is 303 g/mol. The van der Waals surface area contributed by atoms with Gasteiger partial charge in [-0.15, -0.1) is 0 Å². The van der Waals surface area contributed by atoms with Gasteiger partial charge in [0, 0.05) is 23.1 Å². The van der Waals surface area contributed by atoms with Crippen molar-refractivity contribution in [1.82, 2.24) is 4.57 Å². The largest absolute Gasteiger partial charge is 0.508 e. The summed E-state index contributed by atoms with van der Waals surface area (Å²) in [6, 6.07) is 5.24. The Morgan fingerprint density at radius 1 is 1.23 bits per heavy atom. The highest BCUT2D eigenvalue weighted by molar-refractivity contribution is 6.06. The summed E-state index contributed by atoms with van der Waals surface area (Å²) in [4.78, 5) is 12.4. The molecule has 120 valence electrons. The highest BCUT2D eigenvalue weighted by Gasteiger charge is 2.23. The Kier molecular flexibility index (Phi) is 5.47. The van der Waals surface area contributed by atoms with Crippen molar-refractivity contribution >= 4 is 16.9 Å². The number of aryl methyl sites for hydroxylation is 1. The van der Waals surface area contributed by atoms with Gasteiger partial charge in [0.05, 0.1) is 12.2 Å². The summed E-state index contributed by atoms with van der Waals surface area (Å²) in [6.07, 6.45) is 3.94. The van der Waals surface area contributed by atoms with E-state index in [9.17, 15) is 9.90 Å². The van der Waals surface area contributed by atoms with Crippen LogP contribution in [0.2, 0.25) is 0 Å². The van der Waals surface area contributed by atoms with Gasteiger partial charge in [0.25, 0.3) is 0 Å². The average Bonchev–Trinajstić information content (AvgIpc) is 2.78. The number of aromatic nitrogens is 1. The van der Waals surface area contributed by atoms with Crippen molar-refractivity contribution in [3.8, 4) is 5.75 Å². The van der Waals surface area contributed by atoms with Gasteiger partial charge in [0.15, 0.2) is 0 Å². The van der Waals surface area contributed by atoms with E-state index >= 15 is 0 Å². The molecule has 0 aliphatic carbocycles. The highest BCUT2D eigenvalue weighted by Crippen LogP contribution is 2.31. The van der Waals surface area contributed by atoms with Gasteiger partial charge >= 0.3 is 5.97 Å². The molecule has 0 bridgehead atoms. The topological polar surface area (TPSA) is 51.5 Å². The zero-order chi connectivity index (χ0) is 16.1. The number of phenols is 1. The number of esters is 1. The van der Waals surface area contributed by atoms with Crippen molar-refractivity contribution in [2.45, 2.75) is 53.0 Å². The molecule has 0 aliphatic rings. The van der Waals surface area contributed by atoms with Crippen molar-refractivity contribution in [2.75, 3.05) is 6.61 Å². The van der Waals surface area contributed by atoms with E-state index in [4.69, 9.17) is 4.74 Å². The number of nitrogens with zero attached hydrogens (tertiary/aromatic N) is 1. The zero-order valence-corrected chi connectivity index (χ0v) is 13.7. The van der Waals surface area contributed by atoms with E-state index in [1.165, 1.54) is 0 Å². The number of aromatic hydroxyl groups is 1. The lowest BCUT2D eigenvalue weighted by atomic mass is 10.1. The maximum atomic E-state index is 12.4. The molecule has 0 radical (unpaired) electrons. The zero-order valence-electron chi connectivity index (χ0n) is 13.7. The molecule has 0 unspecified atom stereocenters. The third-order valence-electron chi connectivity index (χ3n) is 3.86. The number of phenolic OH excluding ortho intramolecular Hbond substituents is 1. The number of fused-ring (bicyclic) bond motifs is 1. The number of hydrogen-bond acceptors (Lipinski definition) is 3. The van der Waals surface area contributed by atoms with Crippen LogP contribution in [-0.2, 0) is 17.7 Å². The van der Waals surface area contributed by atoms with Crippen molar-refractivity contribution in [3.05, 3.63) is 29.5 Å². The van der Waals surface area contributed by atoms with E-state index in [0.717, 1.165) is 48.8 Å². The van der Waals surface area contributed by atoms with Crippen molar-refractivity contribution < 1.29 is 14.6 Å². The number of rotatable bonds is 7. The number of ether oxygens (including phenoxy) is 1. The molecule has 4 nitrogen and oxygen atoms in total. The lowest BCUT2D eigenvalue weighted by molar-refractivity contribution is 0.0527. The molecule has 1 aromatic heterocycles. The highest BCUT2D eigenvalue weighted by atomic mass is 16.5. The molecule has 0 amide bonds. The van der Waals surface area contributed by atoms with Crippen LogP contribution < -0.4 is 0 Å². The normalized spacial score (nSPS) is 11.0. The quantitative estimate of drug-likeness (QED) is 0.777. The van der Waals surface area contributed by atoms with Gasteiger partial charge in [-0.05, 0) is 38.0 Å². The average molecular weight is 303 g/mol. The minimum absolute atomic E-state index is 0.175. The number of hydrogen-bond donors (Lipinski definition) is 1. The van der Waals surface area contributed by atoms with Crippen LogP contribution in [0.5, 0.6) is 5.75 Å². The summed E-state index contributed by atoms with van der Waals surface area (Å²) in [7, 11) is 0. The van der Waals surface area contributed by atoms with Crippen molar-refractivity contribution in [3.63, 3.8) is 0 Å². The molecular formula is C18H25NO3. The van der Waals surface area contributed by atoms with Crippen LogP contribution in [0, 0.1) is 0 Å². The molecule has 0 atom stereocenters. The van der Waals surface area contributed by atoms with E-state index < -0.39 is 0 Å². The summed E-state index contributed by atoms with van der Waals surface area (Å²) in [5.74, 6) is -0.120. The fourth-order valence-electron chi connectivity index (χ4n) is 2.89. The second kappa shape index (κ2) is 7.34. The van der Waals surface area contributed by atoms with Crippen molar-refractivity contribution in [2.24, 2.45) is 0 Å². The van der Waals surface area contributed by atoms with E-state index in [0.29, 0.717) is 12.2 Å². The van der Waals surface area contributed by atoms with Crippen LogP contribution in [0.1, 0.15) is 56.1 Å². The van der Waals surface area contributed by atoms with Gasteiger partial charge in [0.2, 0.25) is 0 Å². The summed E-state index contributed by atoms with van der Waals surface area (Å²) in [5, 5.41) is 10.6. The molecule has 4 heteroatoms. The molecule has 2 rings (SSSR count). The molecule has 1 N–H and O–H groups in total. The van der Waals surface area contributed by atoms with Crippen LogP contribution in [0.25, 0.3) is 10.9 Å². The molecule has 0 saturated heterocycles. The van der Waals surface area contributed by atoms with Gasteiger partial charge in [-0.3, -0.25) is 0 Å². The van der Waals surface area contributed by atoms with E-state index in [2.05, 4.69) is 18.4 Å². The minimum atomic E-state index is -0.295. The van der Waals surface area contributed by atoms with Crippen LogP contribution >= 0.6 is 0 Å². The lowest BCUT2D eigenvalue weighted by Crippen LogP contribution is -2.10. The molecule has 1 heterocycles. The number of benzene rings is 1. The second-order valence-electron chi connectivity index (χ2n) is 5.50. The second-order valence-corrected chi connectivity index (χ2v) is 5.50. The Balaban J connectivity index is 2.68. The first-order valence-electron chi connectivity index (χ1n) is 8.15. The van der Waals surface area contributed by atoms with E-state index in [1.54, 1.807) is 12.1 Å². The van der Waals surface area contributed by atoms with Gasteiger partial charge in [0.1, 0.15) is 5.75 Å². The van der Waals surface area contributed by atoms with Crippen LogP contribution in [0.4, 0.5) is 0 Å². The summed E-state index contributed by atoms with van der Waals surface area (Å²) in [6.45, 7) is 7.31. The molecule has 0 fully saturated rings. The third kappa shape index (κ3) is 3.11. The molecule has 0 saturated carbocycles. The van der Waals surface area contributed by atoms with Crippen molar-refractivity contribution in [1.29, 1.82) is 0 Å². The van der Waals surface area contributed by atoms with Crippen LogP contribution in [-0.4, -0.2) is 22.2 Å². The van der Waals surface area contributed by atoms with Gasteiger partial charge in [-0.1, -0.05) is 26.7 Å². The lowest BCUT2D eigenvalue weighted by Gasteiger charge is -2.11. The van der Waals surface area contributed by atoms with Gasteiger partial charge < -0.3 is 14.4 Å². The Bertz CT molecular complexity index is 658. The smallest absolute Gasteiger partial charge is 0.340 e. The van der Waals surface area contributed by atoms with E-state index in [-0.39, 0.29) is 11.7 Å². The van der Waals surface area contributed by atoms with Gasteiger partial charge in [-0.25, -0.2) is 4.79 Å². The number of carbonyl (C=O) groups is 1. The Labute approximate surface area is 131 Å². The van der Waals surface area contributed by atoms with Crippen LogP contribution in [0.15, 0.2) is 18.2 Å². The van der Waals surface area contributed by atoms with Crippen LogP contribution in [0.3, 0.4) is 0 Å².